The molecule has 0 aliphatic rings. The fourth-order valence-corrected chi connectivity index (χ4v) is 0. The SMILES string of the molecule is NN.NN. The van der Waals surface area contributed by atoms with Gasteiger partial charge in [-0.2, -0.15) is 0 Å². The second-order valence-electron chi connectivity index (χ2n) is 0. The molecule has 8 N–H and O–H groups in total. The topological polar surface area (TPSA) is 104 Å². The van der Waals surface area contributed by atoms with Crippen molar-refractivity contribution in [3.8, 4) is 0 Å². The van der Waals surface area contributed by atoms with E-state index in [0.29, 0.717) is 0 Å². The molecule has 0 atom stereocenters. The zero-order valence-electron chi connectivity index (χ0n) is 2.31. The van der Waals surface area contributed by atoms with Crippen LogP contribution in [0.4, 0.5) is 0 Å². The Morgan fingerprint density at radius 2 is 0.500 bits per heavy atom. The van der Waals surface area contributed by atoms with Gasteiger partial charge in [0.05, 0.1) is 0 Å². The predicted octanol–water partition coefficient (Wildman–Crippen LogP) is -2.36. The van der Waals surface area contributed by atoms with Gasteiger partial charge in [0.25, 0.3) is 0 Å². The van der Waals surface area contributed by atoms with E-state index in [1.54, 1.807) is 0 Å². The molecule has 0 fully saturated rings. The minimum atomic E-state index is 4.00. The van der Waals surface area contributed by atoms with E-state index in [-0.39, 0.29) is 0 Å². The molecule has 0 saturated heterocycles. The summed E-state index contributed by atoms with van der Waals surface area (Å²) < 4.78 is 0. The second-order valence-corrected chi connectivity index (χ2v) is 0. The molecule has 0 saturated carbocycles. The van der Waals surface area contributed by atoms with E-state index < -0.39 is 0 Å². The molecule has 0 amide bonds. The van der Waals surface area contributed by atoms with Gasteiger partial charge in [-0.1, -0.05) is 0 Å². The molecule has 0 aromatic rings. The summed E-state index contributed by atoms with van der Waals surface area (Å²) in [6.07, 6.45) is 0. The van der Waals surface area contributed by atoms with Crippen LogP contribution in [0, 0.1) is 0 Å². The van der Waals surface area contributed by atoms with Crippen LogP contribution in [0.1, 0.15) is 0 Å². The Morgan fingerprint density at radius 1 is 0.500 bits per heavy atom. The molecule has 0 spiro atoms. The van der Waals surface area contributed by atoms with Crippen molar-refractivity contribution in [2.45, 2.75) is 0 Å². The summed E-state index contributed by atoms with van der Waals surface area (Å²) in [4.78, 5) is 0. The summed E-state index contributed by atoms with van der Waals surface area (Å²) in [5.74, 6) is 16.0. The van der Waals surface area contributed by atoms with Gasteiger partial charge < -0.3 is 0 Å². The zero-order valence-corrected chi connectivity index (χ0v) is 2.31. The Hall–Kier alpha value is -0.160. The Morgan fingerprint density at radius 3 is 0.500 bits per heavy atom. The summed E-state index contributed by atoms with van der Waals surface area (Å²) in [5, 5.41) is 0. The molecule has 28 valence electrons. The smallest absolute Gasteiger partial charge is 0.274 e. The molecule has 0 bridgehead atoms. The number of rotatable bonds is 0. The molecule has 0 aliphatic carbocycles. The molecule has 0 radical (unpaired) electrons. The van der Waals surface area contributed by atoms with E-state index in [9.17, 15) is 0 Å². The lowest BCUT2D eigenvalue weighted by Crippen LogP contribution is -2.02. The minimum Gasteiger partial charge on any atom is -0.274 e. The normalized spacial score (nSPS) is 3.00. The van der Waals surface area contributed by atoms with E-state index >= 15 is 0 Å². The van der Waals surface area contributed by atoms with Crippen LogP contribution in [0.15, 0.2) is 0 Å². The summed E-state index contributed by atoms with van der Waals surface area (Å²) in [6.45, 7) is 0. The van der Waals surface area contributed by atoms with Gasteiger partial charge in [0, 0.05) is 0 Å². The predicted molar refractivity (Wildman–Crippen MR) is 16.7 cm³/mol. The van der Waals surface area contributed by atoms with Gasteiger partial charge in [0.15, 0.2) is 0 Å². The lowest BCUT2D eigenvalue weighted by atomic mass is 13.0. The van der Waals surface area contributed by atoms with Crippen molar-refractivity contribution in [3.05, 3.63) is 0 Å². The first-order chi connectivity index (χ1) is 2.00. The Bertz CT molecular complexity index is 0. The van der Waals surface area contributed by atoms with E-state index in [4.69, 9.17) is 0 Å². The van der Waals surface area contributed by atoms with Gasteiger partial charge in [0.1, 0.15) is 0 Å². The van der Waals surface area contributed by atoms with Gasteiger partial charge >= 0.3 is 0 Å². The average molecular weight is 64.1 g/mol. The molecule has 0 heterocycles. The minimum absolute atomic E-state index is 4.00. The molecular weight excluding hydrogens is 56.0 g/mol. The number of hydrazine groups is 2. The maximum Gasteiger partial charge on any atom is -0.274 e. The molecule has 0 aromatic carbocycles. The summed E-state index contributed by atoms with van der Waals surface area (Å²) in [7, 11) is 0. The summed E-state index contributed by atoms with van der Waals surface area (Å²) >= 11 is 0. The number of nitrogens with two attached hydrogens (primary N) is 4. The highest BCUT2D eigenvalue weighted by atomic mass is 15.0. The fraction of sp³-hybridized carbons (Fsp3) is 0. The van der Waals surface area contributed by atoms with Crippen LogP contribution in [0.3, 0.4) is 0 Å². The quantitative estimate of drug-likeness (QED) is 0.187. The summed E-state index contributed by atoms with van der Waals surface area (Å²) in [6, 6.07) is 0. The molecule has 0 rings (SSSR count). The van der Waals surface area contributed by atoms with E-state index in [2.05, 4.69) is 23.4 Å². The Kier molecular flexibility index (Phi) is 859. The van der Waals surface area contributed by atoms with Crippen LogP contribution >= 0.6 is 0 Å². The fourth-order valence-electron chi connectivity index (χ4n) is 0. The summed E-state index contributed by atoms with van der Waals surface area (Å²) in [5.41, 5.74) is 0. The first kappa shape index (κ1) is 9.15. The highest BCUT2D eigenvalue weighted by molar-refractivity contribution is 3.26. The molecule has 0 aliphatic heterocycles. The largest absolute Gasteiger partial charge is 0.274 e. The van der Waals surface area contributed by atoms with Crippen molar-refractivity contribution in [1.82, 2.24) is 0 Å². The number of hydrogen-bond donors (Lipinski definition) is 4. The standard InChI is InChI=1S/2H4N2/c2*1-2/h2*1-2H2. The number of hydrogen-bond acceptors (Lipinski definition) is 4. The van der Waals surface area contributed by atoms with E-state index in [1.807, 2.05) is 0 Å². The average Bonchev–Trinajstić information content (AvgIpc) is 1.50. The van der Waals surface area contributed by atoms with Gasteiger partial charge in [0.2, 0.25) is 0 Å². The molecular formula is H8N4. The van der Waals surface area contributed by atoms with Gasteiger partial charge in [-0.3, -0.25) is 23.4 Å². The van der Waals surface area contributed by atoms with Gasteiger partial charge in [-0.15, -0.1) is 0 Å². The van der Waals surface area contributed by atoms with E-state index in [0.717, 1.165) is 0 Å². The highest BCUT2D eigenvalue weighted by Crippen LogP contribution is -0.0170. The first-order valence-corrected chi connectivity index (χ1v) is 0.667. The van der Waals surface area contributed by atoms with Crippen molar-refractivity contribution in [3.63, 3.8) is 0 Å². The maximum atomic E-state index is 4.00. The van der Waals surface area contributed by atoms with Crippen molar-refractivity contribution in [2.75, 3.05) is 0 Å². The van der Waals surface area contributed by atoms with Crippen molar-refractivity contribution in [2.24, 2.45) is 23.4 Å². The van der Waals surface area contributed by atoms with Crippen LogP contribution in [-0.2, 0) is 0 Å². The lowest BCUT2D eigenvalue weighted by Gasteiger charge is -1.27. The lowest BCUT2D eigenvalue weighted by molar-refractivity contribution is 1.26. The third kappa shape index (κ3) is 50.7. The van der Waals surface area contributed by atoms with Crippen LogP contribution in [0.5, 0.6) is 0 Å². The highest BCUT2D eigenvalue weighted by Gasteiger charge is 0.728. The van der Waals surface area contributed by atoms with Crippen LogP contribution in [0.25, 0.3) is 0 Å². The molecule has 0 unspecified atom stereocenters. The van der Waals surface area contributed by atoms with Crippen LogP contribution in [0.2, 0.25) is 0 Å². The van der Waals surface area contributed by atoms with Crippen molar-refractivity contribution in [1.29, 1.82) is 0 Å². The van der Waals surface area contributed by atoms with Gasteiger partial charge in [-0.25, -0.2) is 0 Å². The van der Waals surface area contributed by atoms with Crippen molar-refractivity contribution < 1.29 is 0 Å². The second kappa shape index (κ2) is 376. The van der Waals surface area contributed by atoms with Crippen LogP contribution < -0.4 is 23.4 Å². The van der Waals surface area contributed by atoms with Gasteiger partial charge in [-0.05, 0) is 0 Å². The zero-order chi connectivity index (χ0) is 4.00. The Labute approximate surface area is 24.7 Å². The molecule has 4 nitrogen and oxygen atoms in total. The molecule has 4 heteroatoms. The maximum absolute atomic E-state index is 4.00. The third-order valence-electron chi connectivity index (χ3n) is 0. The van der Waals surface area contributed by atoms with Crippen LogP contribution in [-0.4, -0.2) is 0 Å². The monoisotopic (exact) mass is 64.1 g/mol. The third-order valence-corrected chi connectivity index (χ3v) is 0. The molecule has 0 aromatic heterocycles. The van der Waals surface area contributed by atoms with E-state index in [1.165, 1.54) is 0 Å². The van der Waals surface area contributed by atoms with Crippen molar-refractivity contribution >= 4 is 0 Å². The molecule has 4 heavy (non-hydrogen) atoms. The Balaban J connectivity index is 0. The first-order valence-electron chi connectivity index (χ1n) is 0.667.